The summed E-state index contributed by atoms with van der Waals surface area (Å²) in [6.07, 6.45) is 5.32. The Morgan fingerprint density at radius 1 is 1.14 bits per heavy atom. The van der Waals surface area contributed by atoms with Gasteiger partial charge in [0.05, 0.1) is 12.3 Å². The van der Waals surface area contributed by atoms with Crippen LogP contribution in [0.5, 0.6) is 0 Å². The molecule has 0 amide bonds. The van der Waals surface area contributed by atoms with Crippen molar-refractivity contribution < 1.29 is 32.2 Å². The zero-order valence-electron chi connectivity index (χ0n) is 23.0. The Hall–Kier alpha value is -2.85. The van der Waals surface area contributed by atoms with Crippen LogP contribution in [-0.2, 0) is 24.6 Å². The molecule has 2 aliphatic heterocycles. The molecule has 0 bridgehead atoms. The fraction of sp³-hybridized carbons (Fsp3) is 0.419. The molecule has 224 valence electrons. The van der Waals surface area contributed by atoms with Crippen LogP contribution in [0.1, 0.15) is 62.0 Å². The van der Waals surface area contributed by atoms with Crippen molar-refractivity contribution in [2.45, 2.75) is 63.1 Å². The predicted molar refractivity (Wildman–Crippen MR) is 153 cm³/mol. The molecule has 1 aromatic carbocycles. The van der Waals surface area contributed by atoms with E-state index in [0.717, 1.165) is 16.8 Å². The molecular formula is C31H31Cl2F3N2O4. The summed E-state index contributed by atoms with van der Waals surface area (Å²) in [4.78, 5) is 20.0. The zero-order valence-corrected chi connectivity index (χ0v) is 24.5. The van der Waals surface area contributed by atoms with Gasteiger partial charge in [0, 0.05) is 21.8 Å². The molecule has 3 heterocycles. The molecule has 1 spiro atoms. The summed E-state index contributed by atoms with van der Waals surface area (Å²) >= 11 is 12.6. The molecule has 3 aliphatic rings. The summed E-state index contributed by atoms with van der Waals surface area (Å²) < 4.78 is 54.7. The fourth-order valence-electron chi connectivity index (χ4n) is 6.07. The fourth-order valence-corrected chi connectivity index (χ4v) is 6.61. The van der Waals surface area contributed by atoms with Crippen molar-refractivity contribution in [3.8, 4) is 0 Å². The number of fused-ring (bicyclic) bond motifs is 2. The molecular weight excluding hydrogens is 592 g/mol. The Labute approximate surface area is 252 Å². The van der Waals surface area contributed by atoms with Crippen molar-refractivity contribution in [1.29, 1.82) is 0 Å². The van der Waals surface area contributed by atoms with E-state index in [9.17, 15) is 18.0 Å². The van der Waals surface area contributed by atoms with Crippen molar-refractivity contribution in [2.24, 2.45) is 0 Å². The largest absolute Gasteiger partial charge is 0.573 e. The van der Waals surface area contributed by atoms with Gasteiger partial charge in [0.2, 0.25) is 0 Å². The van der Waals surface area contributed by atoms with Crippen LogP contribution < -0.4 is 0 Å². The van der Waals surface area contributed by atoms with Crippen LogP contribution >= 0.6 is 23.2 Å². The number of carbonyl (C=O) groups is 1. The van der Waals surface area contributed by atoms with E-state index in [2.05, 4.69) is 4.74 Å². The van der Waals surface area contributed by atoms with Crippen molar-refractivity contribution in [1.82, 2.24) is 9.88 Å². The van der Waals surface area contributed by atoms with Gasteiger partial charge in [0.25, 0.3) is 0 Å². The quantitative estimate of drug-likeness (QED) is 0.306. The Morgan fingerprint density at radius 2 is 1.86 bits per heavy atom. The highest BCUT2D eigenvalue weighted by molar-refractivity contribution is 6.34. The van der Waals surface area contributed by atoms with Gasteiger partial charge in [0.15, 0.2) is 0 Å². The van der Waals surface area contributed by atoms with Gasteiger partial charge in [-0.2, -0.15) is 0 Å². The van der Waals surface area contributed by atoms with E-state index in [4.69, 9.17) is 37.7 Å². The summed E-state index contributed by atoms with van der Waals surface area (Å²) in [5.74, 6) is -0.753. The molecule has 2 unspecified atom stereocenters. The molecule has 2 atom stereocenters. The van der Waals surface area contributed by atoms with Crippen LogP contribution in [0.2, 0.25) is 10.0 Å². The van der Waals surface area contributed by atoms with Crippen molar-refractivity contribution >= 4 is 29.2 Å². The number of pyridine rings is 1. The number of aromatic nitrogens is 1. The van der Waals surface area contributed by atoms with E-state index >= 15 is 0 Å². The van der Waals surface area contributed by atoms with Crippen molar-refractivity contribution in [2.75, 3.05) is 19.7 Å². The predicted octanol–water partition coefficient (Wildman–Crippen LogP) is 7.82. The number of likely N-dealkylation sites (tertiary alicyclic amines) is 1. The SMILES string of the molecule is CCOC(=O)C(C1=CCC=C(OC(F)(F)F)C=C1)N1CCCC2(CCC1)OC(c1cc(Cl)cc(Cl)c1)c1cccnc12. The molecule has 0 N–H and O–H groups in total. The molecule has 2 aromatic rings. The lowest BCUT2D eigenvalue weighted by Crippen LogP contribution is -2.46. The lowest BCUT2D eigenvalue weighted by atomic mass is 9.85. The lowest BCUT2D eigenvalue weighted by Gasteiger charge is -2.37. The molecule has 1 aromatic heterocycles. The zero-order chi connectivity index (χ0) is 29.9. The molecule has 42 heavy (non-hydrogen) atoms. The Bertz CT molecular complexity index is 1380. The third-order valence-electron chi connectivity index (χ3n) is 7.67. The highest BCUT2D eigenvalue weighted by Gasteiger charge is 2.47. The highest BCUT2D eigenvalue weighted by Crippen LogP contribution is 2.51. The van der Waals surface area contributed by atoms with E-state index < -0.39 is 24.0 Å². The van der Waals surface area contributed by atoms with Crippen LogP contribution in [-0.4, -0.2) is 48.0 Å². The van der Waals surface area contributed by atoms with Gasteiger partial charge < -0.3 is 14.2 Å². The number of carbonyl (C=O) groups excluding carboxylic acids is 1. The summed E-state index contributed by atoms with van der Waals surface area (Å²) in [5, 5.41) is 1.06. The third-order valence-corrected chi connectivity index (χ3v) is 8.11. The maximum Gasteiger partial charge on any atom is 0.573 e. The van der Waals surface area contributed by atoms with Crippen molar-refractivity contribution in [3.05, 3.63) is 99.0 Å². The topological polar surface area (TPSA) is 60.9 Å². The van der Waals surface area contributed by atoms with Crippen LogP contribution in [0.25, 0.3) is 0 Å². The number of alkyl halides is 3. The van der Waals surface area contributed by atoms with Gasteiger partial charge in [-0.05, 0) is 99.7 Å². The summed E-state index contributed by atoms with van der Waals surface area (Å²) in [7, 11) is 0. The highest BCUT2D eigenvalue weighted by atomic mass is 35.5. The third kappa shape index (κ3) is 6.86. The second-order valence-corrected chi connectivity index (χ2v) is 11.3. The van der Waals surface area contributed by atoms with Gasteiger partial charge in [-0.15, -0.1) is 13.2 Å². The molecule has 0 saturated carbocycles. The lowest BCUT2D eigenvalue weighted by molar-refractivity contribution is -0.303. The molecule has 11 heteroatoms. The second kappa shape index (κ2) is 12.8. The van der Waals surface area contributed by atoms with Gasteiger partial charge >= 0.3 is 12.3 Å². The van der Waals surface area contributed by atoms with Gasteiger partial charge in [0.1, 0.15) is 23.5 Å². The number of allylic oxidation sites excluding steroid dienone is 3. The van der Waals surface area contributed by atoms with Crippen LogP contribution in [0.15, 0.2) is 72.2 Å². The number of esters is 1. The number of hydrogen-bond acceptors (Lipinski definition) is 6. The Kier molecular flexibility index (Phi) is 9.32. The summed E-state index contributed by atoms with van der Waals surface area (Å²) in [5.41, 5.74) is 2.70. The van der Waals surface area contributed by atoms with Gasteiger partial charge in [-0.1, -0.05) is 41.4 Å². The van der Waals surface area contributed by atoms with Crippen LogP contribution in [0.4, 0.5) is 13.2 Å². The van der Waals surface area contributed by atoms with E-state index in [0.29, 0.717) is 54.4 Å². The number of benzene rings is 1. The first kappa shape index (κ1) is 30.6. The van der Waals surface area contributed by atoms with Crippen LogP contribution in [0.3, 0.4) is 0 Å². The standard InChI is InChI=1S/C31H31Cl2F3N2O4/c1-2-40-29(39)26(20-7-3-8-24(11-10-20)41-31(34,35)36)38-15-5-12-30(13-6-16-38)28-25(9-4-14-37-28)27(42-30)21-17-22(32)19-23(33)18-21/h4,7-11,14,17-19,26-27H,2-3,5-6,12-13,15-16H2,1H3. The molecule has 5 rings (SSSR count). The maximum atomic E-state index is 13.2. The van der Waals surface area contributed by atoms with E-state index in [-0.39, 0.29) is 24.9 Å². The number of nitrogens with zero attached hydrogens (tertiary/aromatic N) is 2. The minimum absolute atomic E-state index is 0.186. The first-order chi connectivity index (χ1) is 20.1. The summed E-state index contributed by atoms with van der Waals surface area (Å²) in [6.45, 7) is 3.02. The van der Waals surface area contributed by atoms with Gasteiger partial charge in [-0.25, -0.2) is 4.79 Å². The molecule has 6 nitrogen and oxygen atoms in total. The number of halogens is 5. The Morgan fingerprint density at radius 3 is 2.52 bits per heavy atom. The monoisotopic (exact) mass is 622 g/mol. The Balaban J connectivity index is 1.36. The number of rotatable bonds is 6. The number of hydrogen-bond donors (Lipinski definition) is 0. The molecule has 1 saturated heterocycles. The number of ether oxygens (including phenoxy) is 3. The minimum Gasteiger partial charge on any atom is -0.465 e. The average Bonchev–Trinajstić information content (AvgIpc) is 3.06. The smallest absolute Gasteiger partial charge is 0.465 e. The van der Waals surface area contributed by atoms with Crippen molar-refractivity contribution in [3.63, 3.8) is 0 Å². The van der Waals surface area contributed by atoms with Gasteiger partial charge in [-0.3, -0.25) is 9.88 Å². The average molecular weight is 623 g/mol. The maximum absolute atomic E-state index is 13.2. The molecule has 1 fully saturated rings. The first-order valence-electron chi connectivity index (χ1n) is 13.9. The van der Waals surface area contributed by atoms with Crippen LogP contribution in [0, 0.1) is 0 Å². The second-order valence-electron chi connectivity index (χ2n) is 10.5. The molecule has 0 radical (unpaired) electrons. The van der Waals surface area contributed by atoms with E-state index in [1.165, 1.54) is 18.2 Å². The molecule has 1 aliphatic carbocycles. The minimum atomic E-state index is -4.80. The normalized spacial score (nSPS) is 21.4. The summed E-state index contributed by atoms with van der Waals surface area (Å²) in [6, 6.07) is 8.56. The first-order valence-corrected chi connectivity index (χ1v) is 14.7. The van der Waals surface area contributed by atoms with E-state index in [1.54, 1.807) is 25.3 Å². The van der Waals surface area contributed by atoms with E-state index in [1.807, 2.05) is 29.2 Å².